The molecule has 0 fully saturated rings. The van der Waals surface area contributed by atoms with Crippen molar-refractivity contribution in [3.8, 4) is 0 Å². The van der Waals surface area contributed by atoms with Gasteiger partial charge in [0.25, 0.3) is 0 Å². The van der Waals surface area contributed by atoms with E-state index in [0.29, 0.717) is 30.8 Å². The highest BCUT2D eigenvalue weighted by molar-refractivity contribution is 7.08. The first-order valence-electron chi connectivity index (χ1n) is 11.6. The van der Waals surface area contributed by atoms with Crippen LogP contribution in [0.25, 0.3) is 0 Å². The number of urea groups is 1. The van der Waals surface area contributed by atoms with Crippen LogP contribution in [0.3, 0.4) is 0 Å². The van der Waals surface area contributed by atoms with Crippen molar-refractivity contribution in [2.45, 2.75) is 32.2 Å². The zero-order valence-electron chi connectivity index (χ0n) is 19.8. The average molecular weight is 477 g/mol. The summed E-state index contributed by atoms with van der Waals surface area (Å²) in [4.78, 5) is 29.7. The molecular weight excluding hydrogens is 444 g/mol. The summed E-state index contributed by atoms with van der Waals surface area (Å²) in [6, 6.07) is 13.6. The Kier molecular flexibility index (Phi) is 7.65. The van der Waals surface area contributed by atoms with Crippen LogP contribution in [0.5, 0.6) is 0 Å². The van der Waals surface area contributed by atoms with E-state index >= 15 is 0 Å². The van der Waals surface area contributed by atoms with Gasteiger partial charge in [-0.3, -0.25) is 4.79 Å². The normalized spacial score (nSPS) is 12.6. The summed E-state index contributed by atoms with van der Waals surface area (Å²) in [5.74, 6) is 0.0375. The van der Waals surface area contributed by atoms with Crippen LogP contribution >= 0.6 is 11.3 Å². The minimum Gasteiger partial charge on any atom is -0.398 e. The molecule has 178 valence electrons. The summed E-state index contributed by atoms with van der Waals surface area (Å²) in [5, 5.41) is 6.85. The van der Waals surface area contributed by atoms with E-state index < -0.39 is 0 Å². The number of nitrogens with zero attached hydrogens (tertiary/aromatic N) is 2. The van der Waals surface area contributed by atoms with E-state index in [0.717, 1.165) is 36.2 Å². The van der Waals surface area contributed by atoms with Crippen LogP contribution in [0.15, 0.2) is 53.2 Å². The molecule has 0 aliphatic heterocycles. The van der Waals surface area contributed by atoms with Crippen LogP contribution in [0.4, 0.5) is 16.2 Å². The van der Waals surface area contributed by atoms with Gasteiger partial charge in [0.15, 0.2) is 5.78 Å². The molecule has 1 aliphatic rings. The summed E-state index contributed by atoms with van der Waals surface area (Å²) in [6.45, 7) is 1.83. The van der Waals surface area contributed by atoms with Crippen molar-refractivity contribution in [3.05, 3.63) is 81.0 Å². The number of nitrogens with one attached hydrogen (secondary N) is 1. The lowest BCUT2D eigenvalue weighted by Gasteiger charge is -2.25. The van der Waals surface area contributed by atoms with E-state index in [4.69, 9.17) is 5.73 Å². The summed E-state index contributed by atoms with van der Waals surface area (Å²) in [5.41, 5.74) is 12.7. The van der Waals surface area contributed by atoms with Crippen molar-refractivity contribution < 1.29 is 9.59 Å². The molecule has 4 rings (SSSR count). The predicted octanol–water partition coefficient (Wildman–Crippen LogP) is 4.84. The first-order chi connectivity index (χ1) is 16.4. The minimum atomic E-state index is -0.118. The number of thiophene rings is 1. The van der Waals surface area contributed by atoms with Crippen LogP contribution in [0.2, 0.25) is 0 Å². The number of anilines is 2. The smallest absolute Gasteiger partial charge is 0.322 e. The number of ketones is 1. The van der Waals surface area contributed by atoms with Crippen molar-refractivity contribution in [2.24, 2.45) is 0 Å². The van der Waals surface area contributed by atoms with E-state index in [9.17, 15) is 9.59 Å². The fourth-order valence-corrected chi connectivity index (χ4v) is 4.94. The second kappa shape index (κ2) is 10.8. The molecule has 2 amide bonds. The Morgan fingerprint density at radius 1 is 1.00 bits per heavy atom. The Bertz CT molecular complexity index is 1150. The summed E-state index contributed by atoms with van der Waals surface area (Å²) < 4.78 is 0. The molecule has 1 aromatic heterocycles. The molecule has 0 spiro atoms. The maximum Gasteiger partial charge on any atom is 0.322 e. The number of likely N-dealkylation sites (N-methyl/N-ethyl adjacent to an activating group) is 1. The first kappa shape index (κ1) is 24.0. The van der Waals surface area contributed by atoms with Gasteiger partial charge in [-0.15, -0.1) is 11.3 Å². The molecule has 0 saturated carbocycles. The second-order valence-corrected chi connectivity index (χ2v) is 9.88. The van der Waals surface area contributed by atoms with Gasteiger partial charge in [-0.25, -0.2) is 4.79 Å². The van der Waals surface area contributed by atoms with Gasteiger partial charge in [-0.05, 0) is 73.1 Å². The molecule has 0 saturated heterocycles. The van der Waals surface area contributed by atoms with Gasteiger partial charge in [0.2, 0.25) is 0 Å². The second-order valence-electron chi connectivity index (χ2n) is 9.14. The van der Waals surface area contributed by atoms with Crippen LogP contribution < -0.4 is 11.1 Å². The van der Waals surface area contributed by atoms with Crippen LogP contribution in [-0.2, 0) is 25.8 Å². The quantitative estimate of drug-likeness (QED) is 0.433. The van der Waals surface area contributed by atoms with Crippen LogP contribution in [0, 0.1) is 0 Å². The maximum atomic E-state index is 13.1. The topological polar surface area (TPSA) is 78.7 Å². The molecule has 1 aliphatic carbocycles. The van der Waals surface area contributed by atoms with E-state index in [-0.39, 0.29) is 11.8 Å². The average Bonchev–Trinajstić information content (AvgIpc) is 3.45. The number of Topliss-reactive ketones (excluding diaryl/α,β-unsaturated/α-hetero) is 1. The van der Waals surface area contributed by atoms with Gasteiger partial charge >= 0.3 is 6.03 Å². The third kappa shape index (κ3) is 6.04. The largest absolute Gasteiger partial charge is 0.398 e. The molecular formula is C27H32N4O2S. The maximum absolute atomic E-state index is 13.1. The Morgan fingerprint density at radius 2 is 1.76 bits per heavy atom. The molecule has 34 heavy (non-hydrogen) atoms. The zero-order chi connectivity index (χ0) is 24.1. The number of hydrogen-bond acceptors (Lipinski definition) is 5. The molecule has 3 aromatic rings. The molecule has 0 atom stereocenters. The monoisotopic (exact) mass is 476 g/mol. The van der Waals surface area contributed by atoms with E-state index in [1.807, 2.05) is 60.1 Å². The number of carbonyl (C=O) groups is 2. The fraction of sp³-hybridized carbons (Fsp3) is 0.333. The number of aryl methyl sites for hydroxylation is 2. The number of nitrogen functional groups attached to an aromatic ring is 1. The van der Waals surface area contributed by atoms with Gasteiger partial charge in [-0.1, -0.05) is 30.3 Å². The molecule has 7 heteroatoms. The lowest BCUT2D eigenvalue weighted by atomic mass is 10.0. The third-order valence-electron chi connectivity index (χ3n) is 6.23. The lowest BCUT2D eigenvalue weighted by Crippen LogP contribution is -2.39. The predicted molar refractivity (Wildman–Crippen MR) is 140 cm³/mol. The van der Waals surface area contributed by atoms with E-state index in [1.165, 1.54) is 28.9 Å². The summed E-state index contributed by atoms with van der Waals surface area (Å²) in [6.07, 6.45) is 3.68. The molecule has 0 unspecified atom stereocenters. The van der Waals surface area contributed by atoms with E-state index in [1.54, 1.807) is 0 Å². The molecule has 0 bridgehead atoms. The lowest BCUT2D eigenvalue weighted by molar-refractivity contribution is 0.0993. The SMILES string of the molecule is CN(C)CCN(Cc1ccc(C(=O)Cc2cscc2N)cc1)C(=O)Nc1ccc2c(c1)CCC2. The highest BCUT2D eigenvalue weighted by atomic mass is 32.1. The van der Waals surface area contributed by atoms with Gasteiger partial charge in [-0.2, -0.15) is 0 Å². The Labute approximate surface area is 205 Å². The molecule has 3 N–H and O–H groups in total. The number of nitrogens with two attached hydrogens (primary N) is 1. The highest BCUT2D eigenvalue weighted by Gasteiger charge is 2.17. The van der Waals surface area contributed by atoms with Gasteiger partial charge in [0, 0.05) is 48.4 Å². The van der Waals surface area contributed by atoms with Gasteiger partial charge < -0.3 is 20.9 Å². The highest BCUT2D eigenvalue weighted by Crippen LogP contribution is 2.25. The summed E-state index contributed by atoms with van der Waals surface area (Å²) >= 11 is 1.50. The number of hydrogen-bond donors (Lipinski definition) is 2. The van der Waals surface area contributed by atoms with Crippen LogP contribution in [-0.4, -0.2) is 48.8 Å². The Morgan fingerprint density at radius 3 is 2.47 bits per heavy atom. The van der Waals surface area contributed by atoms with Gasteiger partial charge in [0.05, 0.1) is 0 Å². The first-order valence-corrected chi connectivity index (χ1v) is 12.6. The molecule has 6 nitrogen and oxygen atoms in total. The number of carbonyl (C=O) groups excluding carboxylic acids is 2. The number of fused-ring (bicyclic) bond motifs is 1. The van der Waals surface area contributed by atoms with E-state index in [2.05, 4.69) is 22.3 Å². The number of benzene rings is 2. The molecule has 0 radical (unpaired) electrons. The zero-order valence-corrected chi connectivity index (χ0v) is 20.7. The number of rotatable bonds is 9. The van der Waals surface area contributed by atoms with Crippen molar-refractivity contribution in [2.75, 3.05) is 38.2 Å². The Balaban J connectivity index is 1.42. The Hall–Kier alpha value is -3.16. The standard InChI is InChI=1S/C27H32N4O2S/c1-30(2)12-13-31(27(33)29-24-11-10-20-4-3-5-22(20)14-24)16-19-6-8-21(9-7-19)26(32)15-23-17-34-18-25(23)28/h6-11,14,17-18H,3-5,12-13,15-16,28H2,1-2H3,(H,29,33). The van der Waals surface area contributed by atoms with Crippen molar-refractivity contribution in [1.82, 2.24) is 9.80 Å². The summed E-state index contributed by atoms with van der Waals surface area (Å²) in [7, 11) is 3.99. The van der Waals surface area contributed by atoms with Crippen molar-refractivity contribution >= 4 is 34.5 Å². The van der Waals surface area contributed by atoms with Gasteiger partial charge in [0.1, 0.15) is 0 Å². The van der Waals surface area contributed by atoms with Crippen molar-refractivity contribution in [1.29, 1.82) is 0 Å². The third-order valence-corrected chi connectivity index (χ3v) is 7.04. The van der Waals surface area contributed by atoms with Crippen LogP contribution in [0.1, 0.15) is 39.0 Å². The molecule has 2 aromatic carbocycles. The number of amides is 2. The fourth-order valence-electron chi connectivity index (χ4n) is 4.19. The molecule has 1 heterocycles. The minimum absolute atomic E-state index is 0.0375. The van der Waals surface area contributed by atoms with Crippen molar-refractivity contribution in [3.63, 3.8) is 0 Å².